The molecule has 126 valence electrons. The number of aromatic hydroxyl groups is 1. The number of esters is 1. The van der Waals surface area contributed by atoms with Crippen molar-refractivity contribution >= 4 is 5.97 Å². The van der Waals surface area contributed by atoms with E-state index in [9.17, 15) is 9.90 Å². The molecule has 0 aliphatic heterocycles. The van der Waals surface area contributed by atoms with E-state index in [0.717, 1.165) is 18.4 Å². The Morgan fingerprint density at radius 3 is 2.36 bits per heavy atom. The van der Waals surface area contributed by atoms with E-state index in [1.807, 2.05) is 0 Å². The van der Waals surface area contributed by atoms with Crippen molar-refractivity contribution in [3.8, 4) is 5.75 Å². The van der Waals surface area contributed by atoms with Crippen molar-refractivity contribution < 1.29 is 32.8 Å². The lowest BCUT2D eigenvalue weighted by Crippen LogP contribution is -3.00. The number of benzene rings is 1. The number of phenols is 1. The molecule has 0 aromatic heterocycles. The molecule has 22 heavy (non-hydrogen) atoms. The van der Waals surface area contributed by atoms with Crippen molar-refractivity contribution in [2.75, 3.05) is 6.61 Å². The minimum Gasteiger partial charge on any atom is -1.00 e. The van der Waals surface area contributed by atoms with Gasteiger partial charge in [-0.05, 0) is 24.1 Å². The lowest BCUT2D eigenvalue weighted by Gasteiger charge is -2.09. The first kappa shape index (κ1) is 20.7. The molecule has 0 radical (unpaired) electrons. The first-order chi connectivity index (χ1) is 10.1. The Labute approximate surface area is 139 Å². The maximum atomic E-state index is 11.8. The van der Waals surface area contributed by atoms with Gasteiger partial charge in [0.05, 0.1) is 6.61 Å². The van der Waals surface area contributed by atoms with Gasteiger partial charge in [0.2, 0.25) is 0 Å². The highest BCUT2D eigenvalue weighted by Crippen LogP contribution is 2.11. The van der Waals surface area contributed by atoms with Gasteiger partial charge in [-0.2, -0.15) is 0 Å². The van der Waals surface area contributed by atoms with Crippen LogP contribution in [0.5, 0.6) is 5.75 Å². The molecule has 1 aromatic carbocycles. The second-order valence-corrected chi connectivity index (χ2v) is 5.50. The van der Waals surface area contributed by atoms with Crippen LogP contribution in [-0.2, 0) is 16.0 Å². The van der Waals surface area contributed by atoms with Crippen LogP contribution in [-0.4, -0.2) is 23.7 Å². The number of halogens is 1. The molecule has 4 N–H and O–H groups in total. The molecule has 1 atom stereocenters. The zero-order valence-corrected chi connectivity index (χ0v) is 14.1. The van der Waals surface area contributed by atoms with Gasteiger partial charge in [0.15, 0.2) is 6.04 Å². The van der Waals surface area contributed by atoms with Gasteiger partial charge in [-0.15, -0.1) is 0 Å². The second-order valence-electron chi connectivity index (χ2n) is 5.50. The number of phenolic OH excluding ortho intramolecular Hbond substituents is 1. The van der Waals surface area contributed by atoms with E-state index < -0.39 is 6.04 Å². The first-order valence-electron chi connectivity index (χ1n) is 7.91. The summed E-state index contributed by atoms with van der Waals surface area (Å²) >= 11 is 0. The van der Waals surface area contributed by atoms with Gasteiger partial charge in [0, 0.05) is 6.42 Å². The van der Waals surface area contributed by atoms with Crippen LogP contribution in [0, 0.1) is 0 Å². The molecule has 0 aliphatic carbocycles. The molecule has 0 aliphatic rings. The number of quaternary nitrogens is 1. The van der Waals surface area contributed by atoms with Crippen molar-refractivity contribution in [1.29, 1.82) is 0 Å². The Hall–Kier alpha value is -1.26. The van der Waals surface area contributed by atoms with E-state index >= 15 is 0 Å². The van der Waals surface area contributed by atoms with Gasteiger partial charge >= 0.3 is 5.97 Å². The molecular formula is C17H28ClNO3. The highest BCUT2D eigenvalue weighted by molar-refractivity contribution is 5.74. The van der Waals surface area contributed by atoms with E-state index in [0.29, 0.717) is 13.0 Å². The van der Waals surface area contributed by atoms with Crippen molar-refractivity contribution in [2.45, 2.75) is 57.9 Å². The van der Waals surface area contributed by atoms with Gasteiger partial charge in [-0.1, -0.05) is 51.2 Å². The lowest BCUT2D eigenvalue weighted by molar-refractivity contribution is -0.407. The number of hydrogen-bond donors (Lipinski definition) is 2. The molecule has 0 saturated heterocycles. The monoisotopic (exact) mass is 329 g/mol. The number of ether oxygens (including phenoxy) is 1. The largest absolute Gasteiger partial charge is 1.00 e. The molecule has 0 heterocycles. The van der Waals surface area contributed by atoms with Crippen LogP contribution in [0.25, 0.3) is 0 Å². The fraction of sp³-hybridized carbons (Fsp3) is 0.588. The van der Waals surface area contributed by atoms with Gasteiger partial charge < -0.3 is 28.0 Å². The van der Waals surface area contributed by atoms with Crippen LogP contribution in [0.3, 0.4) is 0 Å². The Morgan fingerprint density at radius 2 is 1.73 bits per heavy atom. The summed E-state index contributed by atoms with van der Waals surface area (Å²) in [6, 6.07) is 6.44. The van der Waals surface area contributed by atoms with Crippen LogP contribution in [0.15, 0.2) is 24.3 Å². The Balaban J connectivity index is 0.00000441. The van der Waals surface area contributed by atoms with Crippen molar-refractivity contribution in [2.24, 2.45) is 0 Å². The number of hydrogen-bond acceptors (Lipinski definition) is 3. The highest BCUT2D eigenvalue weighted by atomic mass is 35.5. The summed E-state index contributed by atoms with van der Waals surface area (Å²) in [4.78, 5) is 11.8. The zero-order chi connectivity index (χ0) is 15.5. The summed E-state index contributed by atoms with van der Waals surface area (Å²) in [6.07, 6.45) is 7.60. The molecule has 0 bridgehead atoms. The molecule has 0 spiro atoms. The maximum Gasteiger partial charge on any atom is 0.365 e. The average Bonchev–Trinajstić information content (AvgIpc) is 2.48. The summed E-state index contributed by atoms with van der Waals surface area (Å²) in [5.41, 5.74) is 4.83. The van der Waals surface area contributed by atoms with Crippen molar-refractivity contribution in [3.63, 3.8) is 0 Å². The summed E-state index contributed by atoms with van der Waals surface area (Å²) in [5, 5.41) is 9.21. The van der Waals surface area contributed by atoms with Crippen LogP contribution in [0.1, 0.15) is 51.0 Å². The van der Waals surface area contributed by atoms with Crippen LogP contribution < -0.4 is 18.1 Å². The third-order valence-electron chi connectivity index (χ3n) is 3.49. The van der Waals surface area contributed by atoms with Crippen LogP contribution in [0.4, 0.5) is 0 Å². The molecule has 5 heteroatoms. The normalized spacial score (nSPS) is 11.5. The quantitative estimate of drug-likeness (QED) is 0.447. The molecule has 0 amide bonds. The highest BCUT2D eigenvalue weighted by Gasteiger charge is 2.19. The summed E-state index contributed by atoms with van der Waals surface area (Å²) in [7, 11) is 0. The molecule has 0 unspecified atom stereocenters. The third-order valence-corrected chi connectivity index (χ3v) is 3.49. The fourth-order valence-electron chi connectivity index (χ4n) is 2.17. The van der Waals surface area contributed by atoms with Crippen molar-refractivity contribution in [1.82, 2.24) is 0 Å². The third kappa shape index (κ3) is 8.90. The topological polar surface area (TPSA) is 74.2 Å². The average molecular weight is 330 g/mol. The standard InChI is InChI=1S/C17H27NO3.ClH/c1-2-3-4-5-6-7-12-21-17(20)16(18)13-14-8-10-15(19)11-9-14;/h8-11,16,19H,2-7,12-13,18H2,1H3;1H/t16-;/m0./s1. The second kappa shape index (κ2) is 12.3. The van der Waals surface area contributed by atoms with Crippen molar-refractivity contribution in [3.05, 3.63) is 29.8 Å². The number of carbonyl (C=O) groups excluding carboxylic acids is 1. The van der Waals surface area contributed by atoms with Crippen LogP contribution >= 0.6 is 0 Å². The van der Waals surface area contributed by atoms with Gasteiger partial charge in [0.25, 0.3) is 0 Å². The smallest absolute Gasteiger partial charge is 0.365 e. The molecule has 1 rings (SSSR count). The van der Waals surface area contributed by atoms with Gasteiger partial charge in [-0.3, -0.25) is 0 Å². The SMILES string of the molecule is CCCCCCCCOC(=O)[C@@H]([NH3+])Cc1ccc(O)cc1.[Cl-]. The molecule has 4 nitrogen and oxygen atoms in total. The van der Waals surface area contributed by atoms with Gasteiger partial charge in [0.1, 0.15) is 5.75 Å². The summed E-state index contributed by atoms with van der Waals surface area (Å²) in [5.74, 6) is -0.0124. The first-order valence-corrected chi connectivity index (χ1v) is 7.91. The van der Waals surface area contributed by atoms with E-state index in [-0.39, 0.29) is 24.1 Å². The molecule has 1 aromatic rings. The van der Waals surface area contributed by atoms with Gasteiger partial charge in [-0.25, -0.2) is 4.79 Å². The van der Waals surface area contributed by atoms with E-state index in [2.05, 4.69) is 12.7 Å². The van der Waals surface area contributed by atoms with E-state index in [1.54, 1.807) is 24.3 Å². The van der Waals surface area contributed by atoms with E-state index in [1.165, 1.54) is 25.7 Å². The Morgan fingerprint density at radius 1 is 1.14 bits per heavy atom. The summed E-state index contributed by atoms with van der Waals surface area (Å²) in [6.45, 7) is 2.69. The minimum atomic E-state index is -0.394. The Kier molecular flexibility index (Phi) is 11.6. The number of unbranched alkanes of at least 4 members (excludes halogenated alkanes) is 5. The number of rotatable bonds is 10. The van der Waals surface area contributed by atoms with Crippen LogP contribution in [0.2, 0.25) is 0 Å². The molecule has 0 fully saturated rings. The predicted octanol–water partition coefficient (Wildman–Crippen LogP) is -0.547. The van der Waals surface area contributed by atoms with E-state index in [4.69, 9.17) is 4.74 Å². The molecular weight excluding hydrogens is 302 g/mol. The molecule has 0 saturated carbocycles. The summed E-state index contributed by atoms with van der Waals surface area (Å²) < 4.78 is 5.26. The Bertz CT molecular complexity index is 409. The maximum absolute atomic E-state index is 11.8. The fourth-order valence-corrected chi connectivity index (χ4v) is 2.17. The minimum absolute atomic E-state index is 0. The number of carbonyl (C=O) groups is 1. The lowest BCUT2D eigenvalue weighted by atomic mass is 10.1. The predicted molar refractivity (Wildman–Crippen MR) is 82.8 cm³/mol. The zero-order valence-electron chi connectivity index (χ0n) is 13.4.